The molecule has 0 unspecified atom stereocenters. The molecule has 0 aromatic heterocycles. The summed E-state index contributed by atoms with van der Waals surface area (Å²) in [6.07, 6.45) is 0.908. The van der Waals surface area contributed by atoms with E-state index in [2.05, 4.69) is 6.58 Å². The van der Waals surface area contributed by atoms with E-state index in [9.17, 15) is 13.2 Å². The van der Waals surface area contributed by atoms with Gasteiger partial charge in [-0.15, -0.1) is 0 Å². The normalized spacial score (nSPS) is 9.55. The van der Waals surface area contributed by atoms with Gasteiger partial charge in [0.25, 0.3) is 10.1 Å². The van der Waals surface area contributed by atoms with E-state index in [1.807, 2.05) is 5.32 Å². The molecular weight excluding hydrogens is 197 g/mol. The van der Waals surface area contributed by atoms with E-state index in [1.165, 1.54) is 0 Å². The summed E-state index contributed by atoms with van der Waals surface area (Å²) in [6, 6.07) is 0. The zero-order valence-electron chi connectivity index (χ0n) is 6.07. The predicted molar refractivity (Wildman–Crippen MR) is 40.5 cm³/mol. The molecule has 0 aliphatic heterocycles. The average Bonchev–Trinajstić information content (AvgIpc) is 1.81. The molecule has 11 heavy (non-hydrogen) atoms. The van der Waals surface area contributed by atoms with E-state index in [1.54, 1.807) is 0 Å². The molecule has 0 rings (SSSR count). The molecule has 7 heteroatoms. The summed E-state index contributed by atoms with van der Waals surface area (Å²) in [6.45, 7) is 3.07. The molecule has 1 amide bonds. The van der Waals surface area contributed by atoms with Crippen molar-refractivity contribution in [2.45, 2.75) is 0 Å². The molecule has 0 aromatic rings. The Morgan fingerprint density at radius 2 is 2.09 bits per heavy atom. The summed E-state index contributed by atoms with van der Waals surface area (Å²) >= 11 is 0. The standard InChI is InChI=1S/C4H7NO4S.K/c1-2-4(6)5-3-10(7,8)9;/h2H,1,3H2,(H,5,6)(H,7,8,9);. The molecule has 0 saturated carbocycles. The second kappa shape index (κ2) is 6.29. The van der Waals surface area contributed by atoms with Crippen molar-refractivity contribution in [1.29, 1.82) is 0 Å². The molecule has 0 heterocycles. The van der Waals surface area contributed by atoms with Crippen molar-refractivity contribution in [3.63, 3.8) is 0 Å². The predicted octanol–water partition coefficient (Wildman–Crippen LogP) is -1.25. The first-order chi connectivity index (χ1) is 4.45. The zero-order valence-corrected chi connectivity index (χ0v) is 10.0. The minimum atomic E-state index is -4.11. The molecule has 59 valence electrons. The van der Waals surface area contributed by atoms with E-state index >= 15 is 0 Å². The summed E-state index contributed by atoms with van der Waals surface area (Å²) in [5.41, 5.74) is 0. The topological polar surface area (TPSA) is 83.5 Å². The molecule has 5 nitrogen and oxygen atoms in total. The fourth-order valence-electron chi connectivity index (χ4n) is 0.234. The summed E-state index contributed by atoms with van der Waals surface area (Å²) < 4.78 is 28.0. The Labute approximate surface area is 107 Å². The zero-order chi connectivity index (χ0) is 8.20. The number of hydrogen-bond acceptors (Lipinski definition) is 3. The van der Waals surface area contributed by atoms with Gasteiger partial charge in [-0.1, -0.05) is 6.58 Å². The van der Waals surface area contributed by atoms with Gasteiger partial charge in [0.05, 0.1) is 0 Å². The maximum atomic E-state index is 10.3. The van der Waals surface area contributed by atoms with Gasteiger partial charge in [0, 0.05) is 51.4 Å². The monoisotopic (exact) mass is 204 g/mol. The van der Waals surface area contributed by atoms with Crippen molar-refractivity contribution < 1.29 is 17.8 Å². The third-order valence-corrected chi connectivity index (χ3v) is 1.12. The first kappa shape index (κ1) is 14.3. The minimum Gasteiger partial charge on any atom is -0.336 e. The number of nitrogens with one attached hydrogen (secondary N) is 1. The first-order valence-electron chi connectivity index (χ1n) is 2.31. The van der Waals surface area contributed by atoms with Gasteiger partial charge >= 0.3 is 0 Å². The summed E-state index contributed by atoms with van der Waals surface area (Å²) in [5.74, 6) is -1.42. The Balaban J connectivity index is 0. The summed E-state index contributed by atoms with van der Waals surface area (Å²) in [4.78, 5) is 10.3. The van der Waals surface area contributed by atoms with E-state index in [0.29, 0.717) is 0 Å². The smallest absolute Gasteiger partial charge is 0.283 e. The molecule has 0 saturated heterocycles. The van der Waals surface area contributed by atoms with Crippen LogP contribution in [0.5, 0.6) is 0 Å². The summed E-state index contributed by atoms with van der Waals surface area (Å²) in [7, 11) is -4.11. The summed E-state index contributed by atoms with van der Waals surface area (Å²) in [5, 5.41) is 1.88. The van der Waals surface area contributed by atoms with Gasteiger partial charge in [0.15, 0.2) is 0 Å². The molecule has 0 aliphatic rings. The van der Waals surface area contributed by atoms with Crippen molar-refractivity contribution in [2.24, 2.45) is 0 Å². The largest absolute Gasteiger partial charge is 0.336 e. The van der Waals surface area contributed by atoms with Crippen LogP contribution in [-0.4, -0.2) is 76.1 Å². The number of carbonyl (C=O) groups excluding carboxylic acids is 1. The minimum absolute atomic E-state index is 0. The molecular formula is C4H7KNO4S. The van der Waals surface area contributed by atoms with E-state index in [4.69, 9.17) is 4.55 Å². The van der Waals surface area contributed by atoms with Gasteiger partial charge in [0.1, 0.15) is 5.88 Å². The number of rotatable bonds is 3. The van der Waals surface area contributed by atoms with Gasteiger partial charge in [-0.2, -0.15) is 8.42 Å². The fraction of sp³-hybridized carbons (Fsp3) is 0.250. The van der Waals surface area contributed by atoms with Crippen LogP contribution in [0.3, 0.4) is 0 Å². The second-order valence-electron chi connectivity index (χ2n) is 1.47. The maximum Gasteiger partial charge on any atom is 0.283 e. The Morgan fingerprint density at radius 1 is 1.64 bits per heavy atom. The third kappa shape index (κ3) is 10.8. The van der Waals surface area contributed by atoms with Gasteiger partial charge in [-0.25, -0.2) is 0 Å². The van der Waals surface area contributed by atoms with Crippen LogP contribution in [-0.2, 0) is 14.9 Å². The Kier molecular flexibility index (Phi) is 8.17. The molecule has 0 spiro atoms. The Hall–Kier alpha value is 0.756. The van der Waals surface area contributed by atoms with Crippen LogP contribution >= 0.6 is 0 Å². The van der Waals surface area contributed by atoms with Crippen molar-refractivity contribution in [1.82, 2.24) is 5.32 Å². The molecule has 0 aliphatic carbocycles. The van der Waals surface area contributed by atoms with Crippen LogP contribution in [0.1, 0.15) is 0 Å². The van der Waals surface area contributed by atoms with Crippen LogP contribution < -0.4 is 5.32 Å². The van der Waals surface area contributed by atoms with E-state index < -0.39 is 21.9 Å². The molecule has 0 aromatic carbocycles. The van der Waals surface area contributed by atoms with Crippen LogP contribution in [0.25, 0.3) is 0 Å². The van der Waals surface area contributed by atoms with Gasteiger partial charge in [-0.3, -0.25) is 9.35 Å². The number of hydrogen-bond donors (Lipinski definition) is 2. The van der Waals surface area contributed by atoms with Crippen molar-refractivity contribution in [2.75, 3.05) is 5.88 Å². The fourth-order valence-corrected chi connectivity index (χ4v) is 0.559. The van der Waals surface area contributed by atoms with Crippen molar-refractivity contribution in [3.8, 4) is 0 Å². The number of carbonyl (C=O) groups is 1. The maximum absolute atomic E-state index is 10.3. The Bertz CT molecular complexity index is 234. The van der Waals surface area contributed by atoms with Crippen LogP contribution in [0.2, 0.25) is 0 Å². The van der Waals surface area contributed by atoms with E-state index in [-0.39, 0.29) is 51.4 Å². The quantitative estimate of drug-likeness (QED) is 0.342. The number of amides is 1. The van der Waals surface area contributed by atoms with Crippen molar-refractivity contribution in [3.05, 3.63) is 12.7 Å². The molecule has 2 N–H and O–H groups in total. The molecule has 0 fully saturated rings. The van der Waals surface area contributed by atoms with E-state index in [0.717, 1.165) is 6.08 Å². The van der Waals surface area contributed by atoms with Crippen LogP contribution in [0.15, 0.2) is 12.7 Å². The van der Waals surface area contributed by atoms with Crippen LogP contribution in [0, 0.1) is 0 Å². The average molecular weight is 204 g/mol. The molecule has 0 atom stereocenters. The van der Waals surface area contributed by atoms with Crippen LogP contribution in [0.4, 0.5) is 0 Å². The van der Waals surface area contributed by atoms with Gasteiger partial charge < -0.3 is 5.32 Å². The van der Waals surface area contributed by atoms with Crippen molar-refractivity contribution >= 4 is 67.4 Å². The second-order valence-corrected chi connectivity index (χ2v) is 2.92. The van der Waals surface area contributed by atoms with Gasteiger partial charge in [-0.05, 0) is 6.08 Å². The Morgan fingerprint density at radius 3 is 2.36 bits per heavy atom. The molecule has 0 bridgehead atoms. The molecule has 1 radical (unpaired) electrons. The first-order valence-corrected chi connectivity index (χ1v) is 3.92. The van der Waals surface area contributed by atoms with Gasteiger partial charge in [0.2, 0.25) is 5.91 Å². The SMILES string of the molecule is C=CC(=O)NCS(=O)(=O)O.[K]. The third-order valence-electron chi connectivity index (χ3n) is 0.614.